The maximum Gasteiger partial charge on any atom is 0.0700 e. The first-order chi connectivity index (χ1) is 8.24. The van der Waals surface area contributed by atoms with E-state index in [0.717, 1.165) is 27.7 Å². The smallest absolute Gasteiger partial charge is 0.0700 e. The lowest BCUT2D eigenvalue weighted by Crippen LogP contribution is -2.21. The van der Waals surface area contributed by atoms with Crippen LogP contribution in [0.5, 0.6) is 0 Å². The van der Waals surface area contributed by atoms with E-state index in [4.69, 9.17) is 9.47 Å². The Morgan fingerprint density at radius 3 is 2.82 bits per heavy atom. The van der Waals surface area contributed by atoms with Crippen molar-refractivity contribution in [1.29, 1.82) is 0 Å². The number of methoxy groups -OCH3 is 1. The van der Waals surface area contributed by atoms with Gasteiger partial charge in [0.1, 0.15) is 0 Å². The molecule has 0 bridgehead atoms. The second-order valence-electron chi connectivity index (χ2n) is 3.36. The quantitative estimate of drug-likeness (QED) is 0.716. The fourth-order valence-electron chi connectivity index (χ4n) is 1.17. The minimum Gasteiger partial charge on any atom is -0.382 e. The van der Waals surface area contributed by atoms with Crippen LogP contribution in [0.15, 0.2) is 21.2 Å². The normalized spacial score (nSPS) is 10.8. The van der Waals surface area contributed by atoms with E-state index in [2.05, 4.69) is 42.2 Å². The molecule has 0 amide bonds. The van der Waals surface area contributed by atoms with E-state index in [1.165, 1.54) is 0 Å². The molecule has 17 heavy (non-hydrogen) atoms. The van der Waals surface area contributed by atoms with Gasteiger partial charge in [-0.25, -0.2) is 0 Å². The van der Waals surface area contributed by atoms with Gasteiger partial charge in [-0.3, -0.25) is 4.98 Å². The lowest BCUT2D eigenvalue weighted by atomic mass is 10.3. The maximum atomic E-state index is 5.33. The molecule has 1 N–H and O–H groups in total. The summed E-state index contributed by atoms with van der Waals surface area (Å²) in [5, 5.41) is 3.27. The van der Waals surface area contributed by atoms with E-state index in [9.17, 15) is 0 Å². The van der Waals surface area contributed by atoms with Crippen molar-refractivity contribution >= 4 is 31.9 Å². The molecule has 1 aromatic rings. The van der Waals surface area contributed by atoms with Crippen molar-refractivity contribution < 1.29 is 9.47 Å². The molecular formula is C11H16Br2N2O2. The summed E-state index contributed by atoms with van der Waals surface area (Å²) in [4.78, 5) is 4.31. The Morgan fingerprint density at radius 1 is 1.29 bits per heavy atom. The number of halogens is 2. The lowest BCUT2D eigenvalue weighted by Gasteiger charge is -2.07. The molecular weight excluding hydrogens is 352 g/mol. The van der Waals surface area contributed by atoms with Gasteiger partial charge in [0.15, 0.2) is 0 Å². The standard InChI is InChI=1S/C11H16Br2N2O2/c1-16-4-5-17-3-2-14-8-11-10(13)6-9(12)7-15-11/h6-7,14H,2-5,8H2,1H3. The predicted octanol–water partition coefficient (Wildman–Crippen LogP) is 2.36. The van der Waals surface area contributed by atoms with Gasteiger partial charge >= 0.3 is 0 Å². The summed E-state index contributed by atoms with van der Waals surface area (Å²) in [6, 6.07) is 1.99. The summed E-state index contributed by atoms with van der Waals surface area (Å²) in [6.45, 7) is 3.48. The highest BCUT2D eigenvalue weighted by molar-refractivity contribution is 9.11. The van der Waals surface area contributed by atoms with Crippen molar-refractivity contribution in [3.8, 4) is 0 Å². The van der Waals surface area contributed by atoms with Crippen LogP contribution in [-0.2, 0) is 16.0 Å². The third-order valence-corrected chi connectivity index (χ3v) is 3.15. The Labute approximate surface area is 118 Å². The van der Waals surface area contributed by atoms with Crippen LogP contribution in [0.3, 0.4) is 0 Å². The van der Waals surface area contributed by atoms with Crippen molar-refractivity contribution in [3.63, 3.8) is 0 Å². The predicted molar refractivity (Wildman–Crippen MR) is 74.0 cm³/mol. The zero-order valence-electron chi connectivity index (χ0n) is 9.71. The molecule has 6 heteroatoms. The van der Waals surface area contributed by atoms with E-state index >= 15 is 0 Å². The molecule has 0 aliphatic carbocycles. The molecule has 1 rings (SSSR count). The summed E-state index contributed by atoms with van der Waals surface area (Å²) in [5.74, 6) is 0. The van der Waals surface area contributed by atoms with Gasteiger partial charge in [0.05, 0.1) is 25.5 Å². The Hall–Kier alpha value is -0.0100. The number of nitrogens with one attached hydrogen (secondary N) is 1. The van der Waals surface area contributed by atoms with Crippen LogP contribution in [0.2, 0.25) is 0 Å². The van der Waals surface area contributed by atoms with Crippen LogP contribution >= 0.6 is 31.9 Å². The first-order valence-corrected chi connectivity index (χ1v) is 6.90. The molecule has 0 aliphatic heterocycles. The molecule has 4 nitrogen and oxygen atoms in total. The molecule has 0 radical (unpaired) electrons. The van der Waals surface area contributed by atoms with Crippen LogP contribution in [0, 0.1) is 0 Å². The first-order valence-electron chi connectivity index (χ1n) is 5.31. The maximum absolute atomic E-state index is 5.33. The highest BCUT2D eigenvalue weighted by atomic mass is 79.9. The molecule has 0 spiro atoms. The average molecular weight is 368 g/mol. The second-order valence-corrected chi connectivity index (χ2v) is 5.13. The van der Waals surface area contributed by atoms with Crippen molar-refractivity contribution in [2.45, 2.75) is 6.54 Å². The Bertz CT molecular complexity index is 337. The van der Waals surface area contributed by atoms with Crippen LogP contribution < -0.4 is 5.32 Å². The van der Waals surface area contributed by atoms with E-state index in [0.29, 0.717) is 19.8 Å². The third-order valence-electron chi connectivity index (χ3n) is 2.03. The zero-order valence-corrected chi connectivity index (χ0v) is 12.9. The third kappa shape index (κ3) is 6.47. The van der Waals surface area contributed by atoms with Gasteiger partial charge in [-0.05, 0) is 37.9 Å². The SMILES string of the molecule is COCCOCCNCc1ncc(Br)cc1Br. The lowest BCUT2D eigenvalue weighted by molar-refractivity contribution is 0.0719. The number of hydrogen-bond acceptors (Lipinski definition) is 4. The summed E-state index contributed by atoms with van der Waals surface area (Å²) >= 11 is 6.84. The molecule has 0 aromatic carbocycles. The Kier molecular flexibility index (Phi) is 7.96. The van der Waals surface area contributed by atoms with Gasteiger partial charge in [0.25, 0.3) is 0 Å². The highest BCUT2D eigenvalue weighted by Crippen LogP contribution is 2.19. The van der Waals surface area contributed by atoms with Gasteiger partial charge in [-0.15, -0.1) is 0 Å². The van der Waals surface area contributed by atoms with Gasteiger partial charge in [0, 0.05) is 35.3 Å². The minimum atomic E-state index is 0.637. The summed E-state index contributed by atoms with van der Waals surface area (Å²) in [5.41, 5.74) is 0.991. The summed E-state index contributed by atoms with van der Waals surface area (Å²) in [6.07, 6.45) is 1.79. The van der Waals surface area contributed by atoms with E-state index < -0.39 is 0 Å². The molecule has 0 fully saturated rings. The van der Waals surface area contributed by atoms with Gasteiger partial charge in [-0.1, -0.05) is 0 Å². The van der Waals surface area contributed by atoms with Crippen LogP contribution in [0.4, 0.5) is 0 Å². The zero-order chi connectivity index (χ0) is 12.5. The molecule has 0 saturated carbocycles. The fraction of sp³-hybridized carbons (Fsp3) is 0.545. The monoisotopic (exact) mass is 366 g/mol. The number of pyridine rings is 1. The second kappa shape index (κ2) is 8.99. The molecule has 1 aromatic heterocycles. The highest BCUT2D eigenvalue weighted by Gasteiger charge is 2.01. The number of rotatable bonds is 8. The Balaban J connectivity index is 2.14. The van der Waals surface area contributed by atoms with Crippen LogP contribution in [0.1, 0.15) is 5.69 Å². The first kappa shape index (κ1) is 15.0. The van der Waals surface area contributed by atoms with Crippen molar-refractivity contribution in [1.82, 2.24) is 10.3 Å². The van der Waals surface area contributed by atoms with Crippen molar-refractivity contribution in [3.05, 3.63) is 26.9 Å². The van der Waals surface area contributed by atoms with E-state index in [1.807, 2.05) is 6.07 Å². The Morgan fingerprint density at radius 2 is 2.12 bits per heavy atom. The molecule has 0 unspecified atom stereocenters. The van der Waals surface area contributed by atoms with Gasteiger partial charge in [0.2, 0.25) is 0 Å². The number of nitrogens with zero attached hydrogens (tertiary/aromatic N) is 1. The van der Waals surface area contributed by atoms with Gasteiger partial charge < -0.3 is 14.8 Å². The number of ether oxygens (including phenoxy) is 2. The topological polar surface area (TPSA) is 43.4 Å². The minimum absolute atomic E-state index is 0.637. The average Bonchev–Trinajstić information content (AvgIpc) is 2.30. The fourth-order valence-corrected chi connectivity index (χ4v) is 2.30. The number of aromatic nitrogens is 1. The molecule has 0 saturated heterocycles. The molecule has 96 valence electrons. The molecule has 0 aliphatic rings. The number of hydrogen-bond donors (Lipinski definition) is 1. The molecule has 0 atom stereocenters. The molecule has 1 heterocycles. The van der Waals surface area contributed by atoms with Gasteiger partial charge in [-0.2, -0.15) is 0 Å². The largest absolute Gasteiger partial charge is 0.382 e. The van der Waals surface area contributed by atoms with Crippen molar-refractivity contribution in [2.75, 3.05) is 33.5 Å². The van der Waals surface area contributed by atoms with E-state index in [1.54, 1.807) is 13.3 Å². The van der Waals surface area contributed by atoms with Crippen molar-refractivity contribution in [2.24, 2.45) is 0 Å². The van der Waals surface area contributed by atoms with Crippen LogP contribution in [0.25, 0.3) is 0 Å². The van der Waals surface area contributed by atoms with E-state index in [-0.39, 0.29) is 0 Å². The van der Waals surface area contributed by atoms with Crippen LogP contribution in [-0.4, -0.2) is 38.5 Å². The summed E-state index contributed by atoms with van der Waals surface area (Å²) in [7, 11) is 1.67. The summed E-state index contributed by atoms with van der Waals surface area (Å²) < 4.78 is 12.2.